The van der Waals surface area contributed by atoms with E-state index in [-0.39, 0.29) is 11.1 Å². The van der Waals surface area contributed by atoms with Crippen LogP contribution in [0, 0.1) is 45.3 Å². The highest BCUT2D eigenvalue weighted by atomic mass is 15.1. The lowest BCUT2D eigenvalue weighted by Gasteiger charge is -2.26. The molecule has 13 aromatic rings. The Hall–Kier alpha value is -12.1. The highest BCUT2D eigenvalue weighted by Crippen LogP contribution is 2.43. The predicted octanol–water partition coefficient (Wildman–Crippen LogP) is 18.3. The van der Waals surface area contributed by atoms with E-state index in [2.05, 4.69) is 209 Å². The van der Waals surface area contributed by atoms with Gasteiger partial charge in [0.25, 0.3) is 0 Å². The summed E-state index contributed by atoms with van der Waals surface area (Å²) in [6.45, 7) is 0. The van der Waals surface area contributed by atoms with Crippen LogP contribution in [0.15, 0.2) is 273 Å². The minimum atomic E-state index is 0.279. The van der Waals surface area contributed by atoms with Crippen LogP contribution in [-0.4, -0.2) is 14.5 Å². The molecule has 0 N–H and O–H groups in total. The van der Waals surface area contributed by atoms with Crippen molar-refractivity contribution in [2.45, 2.75) is 0 Å². The summed E-state index contributed by atoms with van der Waals surface area (Å²) in [5, 5.41) is 42.6. The summed E-state index contributed by atoms with van der Waals surface area (Å²) < 4.78 is 2.35. The fourth-order valence-electron chi connectivity index (χ4n) is 10.9. The number of benzene rings is 11. The van der Waals surface area contributed by atoms with Crippen LogP contribution in [0.25, 0.3) is 83.6 Å². The Bertz CT molecular complexity index is 4400. The molecule has 2 aromatic heterocycles. The highest BCUT2D eigenvalue weighted by Gasteiger charge is 2.22. The fourth-order valence-corrected chi connectivity index (χ4v) is 10.9. The summed E-state index contributed by atoms with van der Waals surface area (Å²) in [5.41, 5.74) is 17.3. The number of anilines is 6. The second-order valence-electron chi connectivity index (χ2n) is 19.9. The van der Waals surface area contributed by atoms with Crippen molar-refractivity contribution in [2.24, 2.45) is 0 Å². The van der Waals surface area contributed by atoms with Gasteiger partial charge in [-0.3, -0.25) is 0 Å². The molecule has 0 aliphatic heterocycles. The van der Waals surface area contributed by atoms with Crippen molar-refractivity contribution in [3.05, 3.63) is 295 Å². The number of para-hydroxylation sites is 4. The molecule has 0 atom stereocenters. The van der Waals surface area contributed by atoms with E-state index in [1.54, 1.807) is 66.7 Å². The van der Waals surface area contributed by atoms with Crippen LogP contribution in [0.5, 0.6) is 0 Å². The molecule has 2 heterocycles. The zero-order chi connectivity index (χ0) is 56.2. The zero-order valence-electron chi connectivity index (χ0n) is 44.5. The molecule has 0 radical (unpaired) electrons. The molecule has 9 nitrogen and oxygen atoms in total. The Balaban J connectivity index is 0.866. The largest absolute Gasteiger partial charge is 0.310 e. The topological polar surface area (TPSA) is 132 Å². The first kappa shape index (κ1) is 50.4. The Morgan fingerprint density at radius 2 is 0.675 bits per heavy atom. The van der Waals surface area contributed by atoms with Crippen molar-refractivity contribution < 1.29 is 0 Å². The van der Waals surface area contributed by atoms with Gasteiger partial charge in [-0.25, -0.2) is 9.97 Å². The molecule has 9 heteroatoms. The van der Waals surface area contributed by atoms with Gasteiger partial charge < -0.3 is 14.4 Å². The van der Waals surface area contributed by atoms with E-state index in [0.29, 0.717) is 45.0 Å². The van der Waals surface area contributed by atoms with Gasteiger partial charge in [0.1, 0.15) is 0 Å². The molecule has 0 bridgehead atoms. The van der Waals surface area contributed by atoms with Gasteiger partial charge in [0.05, 0.1) is 69.0 Å². The van der Waals surface area contributed by atoms with Crippen molar-refractivity contribution in [3.8, 4) is 86.1 Å². The third kappa shape index (κ3) is 9.73. The first-order valence-corrected chi connectivity index (χ1v) is 26.9. The van der Waals surface area contributed by atoms with Gasteiger partial charge >= 0.3 is 0 Å². The quantitative estimate of drug-likeness (QED) is 0.118. The molecule has 0 saturated heterocycles. The number of nitrogens with zero attached hydrogens (tertiary/aromatic N) is 9. The van der Waals surface area contributed by atoms with Crippen LogP contribution < -0.4 is 9.80 Å². The molecular weight excluding hydrogens is 1010 g/mol. The maximum absolute atomic E-state index is 10.7. The summed E-state index contributed by atoms with van der Waals surface area (Å²) in [6.07, 6.45) is 0. The van der Waals surface area contributed by atoms with E-state index in [0.717, 1.165) is 83.9 Å². The number of hydrogen-bond acceptors (Lipinski definition) is 8. The van der Waals surface area contributed by atoms with Crippen molar-refractivity contribution in [2.75, 3.05) is 9.80 Å². The summed E-state index contributed by atoms with van der Waals surface area (Å²) in [5.74, 6) is 0.356. The molecule has 13 rings (SSSR count). The van der Waals surface area contributed by atoms with Gasteiger partial charge in [-0.2, -0.15) is 21.0 Å². The first-order chi connectivity index (χ1) is 40.9. The Labute approximate surface area is 480 Å². The van der Waals surface area contributed by atoms with Crippen molar-refractivity contribution >= 4 is 55.9 Å². The standard InChI is InChI=1S/C74H45N9/c75-46-50-21-25-55(26-22-50)69-45-70(80-74(79-69)56-27-23-51(47-76)24-28-56)73-58(48-77)41-57(42-59(73)49-78)54-31-29-52(30-32-54)53-33-35-64(36-34-53)83-71-39-37-65(81(60-13-5-1-6-14-60)61-15-7-2-8-16-61)43-67(71)68-44-66(38-40-72(68)83)82(62-17-9-3-10-18-62)63-19-11-4-12-20-63/h1-45H. The molecule has 386 valence electrons. The summed E-state index contributed by atoms with van der Waals surface area (Å²) >= 11 is 0. The fraction of sp³-hybridized carbons (Fsp3) is 0. The second kappa shape index (κ2) is 21.9. The van der Waals surface area contributed by atoms with E-state index < -0.39 is 0 Å². The maximum atomic E-state index is 10.7. The van der Waals surface area contributed by atoms with E-state index in [1.165, 1.54) is 0 Å². The van der Waals surface area contributed by atoms with Gasteiger partial charge in [-0.05, 0) is 174 Å². The third-order valence-corrected chi connectivity index (χ3v) is 14.9. The number of hydrogen-bond donors (Lipinski definition) is 0. The number of rotatable bonds is 12. The summed E-state index contributed by atoms with van der Waals surface area (Å²) in [7, 11) is 0. The summed E-state index contributed by atoms with van der Waals surface area (Å²) in [6, 6.07) is 101. The molecular formula is C74H45N9. The smallest absolute Gasteiger partial charge is 0.160 e. The maximum Gasteiger partial charge on any atom is 0.160 e. The van der Waals surface area contributed by atoms with Crippen LogP contribution in [0.2, 0.25) is 0 Å². The van der Waals surface area contributed by atoms with Gasteiger partial charge in [0, 0.05) is 67.3 Å². The van der Waals surface area contributed by atoms with Gasteiger partial charge in [0.2, 0.25) is 0 Å². The first-order valence-electron chi connectivity index (χ1n) is 26.9. The monoisotopic (exact) mass is 1060 g/mol. The van der Waals surface area contributed by atoms with E-state index >= 15 is 0 Å². The van der Waals surface area contributed by atoms with Gasteiger partial charge in [0.15, 0.2) is 5.82 Å². The lowest BCUT2D eigenvalue weighted by atomic mass is 9.92. The normalized spacial score (nSPS) is 10.8. The Kier molecular flexibility index (Phi) is 13.3. The average Bonchev–Trinajstić information content (AvgIpc) is 2.58. The summed E-state index contributed by atoms with van der Waals surface area (Å²) in [4.78, 5) is 14.4. The predicted molar refractivity (Wildman–Crippen MR) is 332 cm³/mol. The lowest BCUT2D eigenvalue weighted by molar-refractivity contribution is 1.18. The van der Waals surface area contributed by atoms with Gasteiger partial charge in [-0.15, -0.1) is 0 Å². The molecule has 0 amide bonds. The molecule has 0 spiro atoms. The SMILES string of the molecule is N#Cc1ccc(-c2cc(-c3c(C#N)cc(-c4ccc(-c5ccc(-n6c7ccc(N(c8ccccc8)c8ccccc8)cc7c7cc(N(c8ccccc8)c8ccccc8)ccc76)cc5)cc4)cc3C#N)nc(-c3ccc(C#N)cc3)n2)cc1. The van der Waals surface area contributed by atoms with Crippen molar-refractivity contribution in [3.63, 3.8) is 0 Å². The Morgan fingerprint density at radius 3 is 1.08 bits per heavy atom. The molecule has 0 aliphatic carbocycles. The number of aromatic nitrogens is 3. The van der Waals surface area contributed by atoms with Crippen LogP contribution in [0.3, 0.4) is 0 Å². The van der Waals surface area contributed by atoms with Crippen molar-refractivity contribution in [1.82, 2.24) is 14.5 Å². The minimum Gasteiger partial charge on any atom is -0.310 e. The minimum absolute atomic E-state index is 0.279. The zero-order valence-corrected chi connectivity index (χ0v) is 44.5. The van der Waals surface area contributed by atoms with E-state index in [4.69, 9.17) is 9.97 Å². The van der Waals surface area contributed by atoms with Crippen molar-refractivity contribution in [1.29, 1.82) is 21.0 Å². The van der Waals surface area contributed by atoms with E-state index in [9.17, 15) is 21.0 Å². The second-order valence-corrected chi connectivity index (χ2v) is 19.9. The van der Waals surface area contributed by atoms with Crippen LogP contribution in [0.1, 0.15) is 22.3 Å². The molecule has 0 saturated carbocycles. The molecule has 83 heavy (non-hydrogen) atoms. The molecule has 11 aromatic carbocycles. The van der Waals surface area contributed by atoms with Crippen LogP contribution in [-0.2, 0) is 0 Å². The van der Waals surface area contributed by atoms with Crippen LogP contribution >= 0.6 is 0 Å². The third-order valence-electron chi connectivity index (χ3n) is 14.9. The lowest BCUT2D eigenvalue weighted by Crippen LogP contribution is -2.09. The molecule has 0 aliphatic rings. The van der Waals surface area contributed by atoms with Gasteiger partial charge in [-0.1, -0.05) is 121 Å². The van der Waals surface area contributed by atoms with E-state index in [1.807, 2.05) is 36.4 Å². The number of nitriles is 4. The van der Waals surface area contributed by atoms with Crippen LogP contribution in [0.4, 0.5) is 34.1 Å². The Morgan fingerprint density at radius 1 is 0.301 bits per heavy atom. The average molecular weight is 1060 g/mol. The molecule has 0 unspecified atom stereocenters. The molecule has 0 fully saturated rings. The highest BCUT2D eigenvalue weighted by molar-refractivity contribution is 6.12. The number of fused-ring (bicyclic) bond motifs is 3.